The maximum absolute atomic E-state index is 13.0. The van der Waals surface area contributed by atoms with Crippen molar-refractivity contribution in [1.82, 2.24) is 5.32 Å². The highest BCUT2D eigenvalue weighted by molar-refractivity contribution is 7.45. The number of rotatable bonds is 61. The Bertz CT molecular complexity index is 1560. The van der Waals surface area contributed by atoms with Gasteiger partial charge in [-0.2, -0.15) is 0 Å². The summed E-state index contributed by atoms with van der Waals surface area (Å²) < 4.78 is 23.4. The number of likely N-dealkylation sites (N-methyl/N-ethyl adjacent to an activating group) is 1. The molecule has 2 N–H and O–H groups in total. The van der Waals surface area contributed by atoms with Crippen molar-refractivity contribution in [2.45, 2.75) is 315 Å². The van der Waals surface area contributed by atoms with E-state index >= 15 is 0 Å². The fraction of sp³-hybridized carbons (Fsp3) is 0.786. The van der Waals surface area contributed by atoms with Crippen LogP contribution in [0.5, 0.6) is 0 Å². The molecule has 0 heterocycles. The van der Waals surface area contributed by atoms with Crippen LogP contribution in [0.3, 0.4) is 0 Å². The number of nitrogens with one attached hydrogen (secondary N) is 1. The summed E-state index contributed by atoms with van der Waals surface area (Å²) in [5.41, 5.74) is 0. The van der Waals surface area contributed by atoms with Crippen molar-refractivity contribution in [2.24, 2.45) is 0 Å². The minimum atomic E-state index is -4.61. The number of nitrogens with zero attached hydrogens (tertiary/aromatic N) is 1. The van der Waals surface area contributed by atoms with Gasteiger partial charge in [0.05, 0.1) is 39.9 Å². The molecule has 460 valence electrons. The van der Waals surface area contributed by atoms with E-state index in [4.69, 9.17) is 9.05 Å². The first kappa shape index (κ1) is 76.7. The number of amides is 1. The Labute approximate surface area is 490 Å². The molecular weight excluding hydrogens is 996 g/mol. The van der Waals surface area contributed by atoms with Crippen molar-refractivity contribution < 1.29 is 32.9 Å². The summed E-state index contributed by atoms with van der Waals surface area (Å²) >= 11 is 0. The molecule has 0 aromatic carbocycles. The van der Waals surface area contributed by atoms with E-state index in [1.165, 1.54) is 199 Å². The molecule has 0 saturated heterocycles. The second-order valence-electron chi connectivity index (χ2n) is 23.8. The molecule has 1 amide bonds. The second-order valence-corrected chi connectivity index (χ2v) is 25.2. The van der Waals surface area contributed by atoms with Crippen molar-refractivity contribution in [3.8, 4) is 0 Å². The van der Waals surface area contributed by atoms with Crippen molar-refractivity contribution >= 4 is 13.7 Å². The average Bonchev–Trinajstić information content (AvgIpc) is 3.42. The molecule has 0 fully saturated rings. The van der Waals surface area contributed by atoms with Crippen LogP contribution in [0, 0.1) is 0 Å². The fourth-order valence-corrected chi connectivity index (χ4v) is 10.4. The normalized spacial score (nSPS) is 14.3. The van der Waals surface area contributed by atoms with Crippen molar-refractivity contribution in [2.75, 3.05) is 40.9 Å². The fourth-order valence-electron chi connectivity index (χ4n) is 9.69. The number of carbonyl (C=O) groups excluding carboxylic acids is 1. The van der Waals surface area contributed by atoms with Gasteiger partial charge in [-0.1, -0.05) is 311 Å². The van der Waals surface area contributed by atoms with Gasteiger partial charge in [0.1, 0.15) is 13.2 Å². The first-order chi connectivity index (χ1) is 38.5. The summed E-state index contributed by atoms with van der Waals surface area (Å²) in [5.74, 6) is -0.202. The van der Waals surface area contributed by atoms with E-state index in [2.05, 4.69) is 92.1 Å². The zero-order chi connectivity index (χ0) is 57.7. The molecule has 79 heavy (non-hydrogen) atoms. The summed E-state index contributed by atoms with van der Waals surface area (Å²) in [7, 11) is 1.26. The van der Waals surface area contributed by atoms with Gasteiger partial charge in [0.2, 0.25) is 5.91 Å². The molecule has 0 aliphatic rings. The zero-order valence-corrected chi connectivity index (χ0v) is 53.5. The molecule has 8 nitrogen and oxygen atoms in total. The van der Waals surface area contributed by atoms with Gasteiger partial charge in [0, 0.05) is 6.42 Å². The highest BCUT2D eigenvalue weighted by Gasteiger charge is 2.23. The van der Waals surface area contributed by atoms with Crippen LogP contribution in [-0.2, 0) is 18.4 Å². The van der Waals surface area contributed by atoms with Gasteiger partial charge in [0.15, 0.2) is 0 Å². The number of allylic oxidation sites excluding steroid dienone is 13. The third kappa shape index (κ3) is 63.1. The van der Waals surface area contributed by atoms with Crippen LogP contribution in [0.1, 0.15) is 303 Å². The minimum absolute atomic E-state index is 0.00484. The number of unbranched alkanes of at least 4 members (excludes halogenated alkanes) is 36. The van der Waals surface area contributed by atoms with Crippen molar-refractivity contribution in [3.63, 3.8) is 0 Å². The Hall–Kier alpha value is -2.32. The van der Waals surface area contributed by atoms with Crippen LogP contribution in [0.25, 0.3) is 0 Å². The van der Waals surface area contributed by atoms with E-state index in [1.54, 1.807) is 6.08 Å². The van der Waals surface area contributed by atoms with Gasteiger partial charge >= 0.3 is 0 Å². The number of carbonyl (C=O) groups is 1. The van der Waals surface area contributed by atoms with E-state index in [0.29, 0.717) is 17.4 Å². The molecular formula is C70H129N2O6P. The number of hydrogen-bond donors (Lipinski definition) is 2. The summed E-state index contributed by atoms with van der Waals surface area (Å²) in [6.07, 6.45) is 85.4. The predicted molar refractivity (Wildman–Crippen MR) is 343 cm³/mol. The molecule has 0 spiro atoms. The van der Waals surface area contributed by atoms with Crippen molar-refractivity contribution in [3.05, 3.63) is 85.1 Å². The summed E-state index contributed by atoms with van der Waals surface area (Å²) in [4.78, 5) is 25.6. The molecule has 0 bridgehead atoms. The first-order valence-corrected chi connectivity index (χ1v) is 34.9. The Balaban J connectivity index is 4.14. The van der Waals surface area contributed by atoms with Gasteiger partial charge in [-0.25, -0.2) is 0 Å². The number of quaternary nitrogens is 1. The molecule has 3 unspecified atom stereocenters. The molecule has 0 aliphatic carbocycles. The standard InChI is InChI=1S/C70H129N2O6P/c1-6-8-10-12-14-16-18-20-22-24-26-28-30-32-34-36-38-40-42-44-46-48-50-52-54-56-58-60-62-64-70(74)71-68(67-78-79(75,76)77-66-65-72(3,4)5)69(73)63-61-59-57-55-53-51-49-47-45-43-41-39-37-35-33-31-29-27-25-23-21-19-17-15-13-11-9-7-2/h8,10,14,16,20,22,26,28,32,34,38,40,61,63,68-69,73H,6-7,9,11-13,15,17-19,21,23-25,27,29-31,33,35-37,39,41-60,62,64-67H2,1-5H3,(H-,71,74,75,76)/b10-8-,16-14-,22-20-,28-26-,34-32-,40-38-,63-61+. The maximum atomic E-state index is 13.0. The predicted octanol–water partition coefficient (Wildman–Crippen LogP) is 20.5. The van der Waals surface area contributed by atoms with Gasteiger partial charge < -0.3 is 28.8 Å². The first-order valence-electron chi connectivity index (χ1n) is 33.4. The lowest BCUT2D eigenvalue weighted by Gasteiger charge is -2.29. The largest absolute Gasteiger partial charge is 0.756 e. The number of aliphatic hydroxyl groups excluding tert-OH is 1. The van der Waals surface area contributed by atoms with E-state index in [0.717, 1.165) is 83.5 Å². The molecule has 0 aromatic heterocycles. The third-order valence-corrected chi connectivity index (χ3v) is 15.8. The summed E-state index contributed by atoms with van der Waals surface area (Å²) in [6.45, 7) is 4.56. The van der Waals surface area contributed by atoms with Gasteiger partial charge in [0.25, 0.3) is 7.82 Å². The van der Waals surface area contributed by atoms with Gasteiger partial charge in [-0.15, -0.1) is 0 Å². The van der Waals surface area contributed by atoms with Gasteiger partial charge in [-0.05, 0) is 70.6 Å². The van der Waals surface area contributed by atoms with Crippen LogP contribution in [0.2, 0.25) is 0 Å². The lowest BCUT2D eigenvalue weighted by Crippen LogP contribution is -2.45. The molecule has 0 rings (SSSR count). The monoisotopic (exact) mass is 1120 g/mol. The Kier molecular flexibility index (Phi) is 58.5. The lowest BCUT2D eigenvalue weighted by atomic mass is 10.0. The topological polar surface area (TPSA) is 108 Å². The summed E-state index contributed by atoms with van der Waals surface area (Å²) in [5, 5.41) is 14.0. The number of phosphoric acid groups is 1. The molecule has 0 aliphatic heterocycles. The Morgan fingerprint density at radius 3 is 1.13 bits per heavy atom. The SMILES string of the molecule is CC/C=C\C/C=C\C/C=C\C/C=C\C/C=C\C/C=C\CCCCCCCCCCCCC(=O)NC(COP(=O)([O-])OCC[N+](C)(C)C)C(O)/C=C/CCCCCCCCCCCCCCCCCCCCCCCCCCCC. The molecule has 0 radical (unpaired) electrons. The summed E-state index contributed by atoms with van der Waals surface area (Å²) in [6, 6.07) is -0.896. The number of hydrogen-bond acceptors (Lipinski definition) is 6. The second kappa shape index (κ2) is 60.3. The molecule has 3 atom stereocenters. The van der Waals surface area contributed by atoms with Crippen LogP contribution in [0.15, 0.2) is 85.1 Å². The average molecular weight is 1130 g/mol. The van der Waals surface area contributed by atoms with Crippen LogP contribution >= 0.6 is 7.82 Å². The zero-order valence-electron chi connectivity index (χ0n) is 52.6. The minimum Gasteiger partial charge on any atom is -0.756 e. The third-order valence-electron chi connectivity index (χ3n) is 14.9. The number of phosphoric ester groups is 1. The highest BCUT2D eigenvalue weighted by Crippen LogP contribution is 2.38. The van der Waals surface area contributed by atoms with Crippen LogP contribution in [0.4, 0.5) is 0 Å². The quantitative estimate of drug-likeness (QED) is 0.0272. The maximum Gasteiger partial charge on any atom is 0.268 e. The molecule has 0 saturated carbocycles. The Morgan fingerprint density at radius 1 is 0.456 bits per heavy atom. The van der Waals surface area contributed by atoms with Gasteiger partial charge in [-0.3, -0.25) is 9.36 Å². The number of aliphatic hydroxyl groups is 1. The van der Waals surface area contributed by atoms with E-state index in [9.17, 15) is 19.4 Å². The van der Waals surface area contributed by atoms with E-state index in [-0.39, 0.29) is 19.1 Å². The smallest absolute Gasteiger partial charge is 0.268 e. The lowest BCUT2D eigenvalue weighted by molar-refractivity contribution is -0.870. The van der Waals surface area contributed by atoms with E-state index in [1.807, 2.05) is 27.2 Å². The molecule has 0 aromatic rings. The molecule has 9 heteroatoms. The Morgan fingerprint density at radius 2 is 0.772 bits per heavy atom. The van der Waals surface area contributed by atoms with Crippen LogP contribution in [-0.4, -0.2) is 68.5 Å². The van der Waals surface area contributed by atoms with Crippen LogP contribution < -0.4 is 10.2 Å². The highest BCUT2D eigenvalue weighted by atomic mass is 31.2. The van der Waals surface area contributed by atoms with E-state index < -0.39 is 20.0 Å². The van der Waals surface area contributed by atoms with Crippen molar-refractivity contribution in [1.29, 1.82) is 0 Å².